The average molecular weight is 254 g/mol. The van der Waals surface area contributed by atoms with Crippen LogP contribution < -0.4 is 5.32 Å². The molecule has 0 saturated carbocycles. The lowest BCUT2D eigenvalue weighted by Crippen LogP contribution is -2.39. The van der Waals surface area contributed by atoms with Crippen molar-refractivity contribution in [2.24, 2.45) is 0 Å². The second-order valence-electron chi connectivity index (χ2n) is 4.28. The van der Waals surface area contributed by atoms with E-state index in [2.05, 4.69) is 5.32 Å². The first-order chi connectivity index (χ1) is 8.20. The summed E-state index contributed by atoms with van der Waals surface area (Å²) in [5.74, 6) is 0.365. The largest absolute Gasteiger partial charge is 0.376 e. The molecule has 2 unspecified atom stereocenters. The summed E-state index contributed by atoms with van der Waals surface area (Å²) in [6.07, 6.45) is 0.970. The third-order valence-corrected chi connectivity index (χ3v) is 3.34. The standard InChI is InChI=1S/C13H16ClNO2/c1-9-12(5-6-17-9)15-13(16)11-4-2-3-10(7-11)8-14/h2-4,7,9,12H,5-6,8H2,1H3,(H,15,16). The monoisotopic (exact) mass is 253 g/mol. The second-order valence-corrected chi connectivity index (χ2v) is 4.55. The van der Waals surface area contributed by atoms with Crippen LogP contribution in [0.5, 0.6) is 0 Å². The zero-order chi connectivity index (χ0) is 12.3. The Morgan fingerprint density at radius 1 is 1.59 bits per heavy atom. The summed E-state index contributed by atoms with van der Waals surface area (Å²) in [6.45, 7) is 2.70. The first kappa shape index (κ1) is 12.4. The number of carbonyl (C=O) groups is 1. The molecule has 1 aliphatic heterocycles. The Bertz CT molecular complexity index is 408. The van der Waals surface area contributed by atoms with E-state index in [0.717, 1.165) is 12.0 Å². The lowest BCUT2D eigenvalue weighted by molar-refractivity contribution is 0.0866. The molecule has 92 valence electrons. The lowest BCUT2D eigenvalue weighted by Gasteiger charge is -2.16. The Labute approximate surface area is 106 Å². The SMILES string of the molecule is CC1OCCC1NC(=O)c1cccc(CCl)c1. The van der Waals surface area contributed by atoms with Crippen LogP contribution in [0.3, 0.4) is 0 Å². The molecular formula is C13H16ClNO2. The highest BCUT2D eigenvalue weighted by molar-refractivity contribution is 6.17. The number of amides is 1. The van der Waals surface area contributed by atoms with Crippen LogP contribution in [0.15, 0.2) is 24.3 Å². The minimum Gasteiger partial charge on any atom is -0.376 e. The molecule has 4 heteroatoms. The molecule has 0 bridgehead atoms. The van der Waals surface area contributed by atoms with E-state index in [0.29, 0.717) is 18.1 Å². The van der Waals surface area contributed by atoms with E-state index in [1.54, 1.807) is 6.07 Å². The van der Waals surface area contributed by atoms with Gasteiger partial charge in [-0.15, -0.1) is 11.6 Å². The van der Waals surface area contributed by atoms with Crippen molar-refractivity contribution < 1.29 is 9.53 Å². The number of halogens is 1. The Balaban J connectivity index is 2.03. The summed E-state index contributed by atoms with van der Waals surface area (Å²) in [4.78, 5) is 12.0. The fraction of sp³-hybridized carbons (Fsp3) is 0.462. The summed E-state index contributed by atoms with van der Waals surface area (Å²) in [7, 11) is 0. The van der Waals surface area contributed by atoms with E-state index in [1.165, 1.54) is 0 Å². The van der Waals surface area contributed by atoms with Crippen LogP contribution in [-0.2, 0) is 10.6 Å². The molecule has 1 N–H and O–H groups in total. The topological polar surface area (TPSA) is 38.3 Å². The van der Waals surface area contributed by atoms with Gasteiger partial charge in [-0.3, -0.25) is 4.79 Å². The van der Waals surface area contributed by atoms with Crippen LogP contribution in [0.25, 0.3) is 0 Å². The lowest BCUT2D eigenvalue weighted by atomic mass is 10.1. The molecule has 1 aromatic rings. The van der Waals surface area contributed by atoms with Gasteiger partial charge < -0.3 is 10.1 Å². The second kappa shape index (κ2) is 5.52. The van der Waals surface area contributed by atoms with Crippen molar-refractivity contribution in [3.63, 3.8) is 0 Å². The van der Waals surface area contributed by atoms with Crippen LogP contribution in [-0.4, -0.2) is 24.7 Å². The molecule has 2 rings (SSSR count). The van der Waals surface area contributed by atoms with E-state index >= 15 is 0 Å². The van der Waals surface area contributed by atoms with Crippen LogP contribution in [0, 0.1) is 0 Å². The molecule has 2 atom stereocenters. The van der Waals surface area contributed by atoms with E-state index < -0.39 is 0 Å². The zero-order valence-electron chi connectivity index (χ0n) is 9.78. The number of hydrogen-bond acceptors (Lipinski definition) is 2. The number of rotatable bonds is 3. The first-order valence-corrected chi connectivity index (χ1v) is 6.31. The third kappa shape index (κ3) is 2.99. The van der Waals surface area contributed by atoms with Crippen molar-refractivity contribution >= 4 is 17.5 Å². The Morgan fingerprint density at radius 3 is 3.06 bits per heavy atom. The average Bonchev–Trinajstić information content (AvgIpc) is 2.75. The molecule has 1 aromatic carbocycles. The van der Waals surface area contributed by atoms with Gasteiger partial charge in [0.15, 0.2) is 0 Å². The normalized spacial score (nSPS) is 23.6. The van der Waals surface area contributed by atoms with Crippen molar-refractivity contribution in [1.29, 1.82) is 0 Å². The molecule has 0 aromatic heterocycles. The predicted molar refractivity (Wildman–Crippen MR) is 67.3 cm³/mol. The summed E-state index contributed by atoms with van der Waals surface area (Å²) in [5, 5.41) is 2.99. The van der Waals surface area contributed by atoms with Crippen LogP contribution in [0.1, 0.15) is 29.3 Å². The van der Waals surface area contributed by atoms with Gasteiger partial charge in [-0.2, -0.15) is 0 Å². The minimum absolute atomic E-state index is 0.0562. The molecule has 3 nitrogen and oxygen atoms in total. The first-order valence-electron chi connectivity index (χ1n) is 5.78. The van der Waals surface area contributed by atoms with Gasteiger partial charge in [0.05, 0.1) is 12.1 Å². The summed E-state index contributed by atoms with van der Waals surface area (Å²) < 4.78 is 5.41. The van der Waals surface area contributed by atoms with Gasteiger partial charge in [0, 0.05) is 18.1 Å². The summed E-state index contributed by atoms with van der Waals surface area (Å²) in [5.41, 5.74) is 1.61. The fourth-order valence-corrected chi connectivity index (χ4v) is 2.13. The summed E-state index contributed by atoms with van der Waals surface area (Å²) in [6, 6.07) is 7.49. The van der Waals surface area contributed by atoms with Gasteiger partial charge in [-0.25, -0.2) is 0 Å². The molecular weight excluding hydrogens is 238 g/mol. The maximum atomic E-state index is 12.0. The van der Waals surface area contributed by atoms with Crippen molar-refractivity contribution in [1.82, 2.24) is 5.32 Å². The highest BCUT2D eigenvalue weighted by Gasteiger charge is 2.25. The number of alkyl halides is 1. The molecule has 0 aliphatic carbocycles. The zero-order valence-corrected chi connectivity index (χ0v) is 10.5. The number of nitrogens with one attached hydrogen (secondary N) is 1. The van der Waals surface area contributed by atoms with Gasteiger partial charge in [0.2, 0.25) is 0 Å². The molecule has 17 heavy (non-hydrogen) atoms. The molecule has 1 aliphatic rings. The van der Waals surface area contributed by atoms with E-state index in [4.69, 9.17) is 16.3 Å². The fourth-order valence-electron chi connectivity index (χ4n) is 1.97. The smallest absolute Gasteiger partial charge is 0.251 e. The molecule has 1 heterocycles. The summed E-state index contributed by atoms with van der Waals surface area (Å²) >= 11 is 5.75. The van der Waals surface area contributed by atoms with Crippen LogP contribution >= 0.6 is 11.6 Å². The molecule has 1 amide bonds. The van der Waals surface area contributed by atoms with E-state index in [-0.39, 0.29) is 18.1 Å². The highest BCUT2D eigenvalue weighted by Crippen LogP contribution is 2.14. The number of carbonyl (C=O) groups excluding carboxylic acids is 1. The van der Waals surface area contributed by atoms with Gasteiger partial charge in [-0.05, 0) is 31.0 Å². The molecule has 0 radical (unpaired) electrons. The van der Waals surface area contributed by atoms with E-state index in [9.17, 15) is 4.79 Å². The van der Waals surface area contributed by atoms with Crippen molar-refractivity contribution in [3.05, 3.63) is 35.4 Å². The Kier molecular flexibility index (Phi) is 4.02. The minimum atomic E-state index is -0.0562. The van der Waals surface area contributed by atoms with Crippen LogP contribution in [0.2, 0.25) is 0 Å². The Morgan fingerprint density at radius 2 is 2.41 bits per heavy atom. The molecule has 1 fully saturated rings. The maximum Gasteiger partial charge on any atom is 0.251 e. The van der Waals surface area contributed by atoms with Gasteiger partial charge in [0.25, 0.3) is 5.91 Å². The maximum absolute atomic E-state index is 12.0. The number of benzene rings is 1. The third-order valence-electron chi connectivity index (χ3n) is 3.04. The molecule has 1 saturated heterocycles. The predicted octanol–water partition coefficient (Wildman–Crippen LogP) is 2.33. The number of ether oxygens (including phenoxy) is 1. The molecule has 0 spiro atoms. The van der Waals surface area contributed by atoms with Gasteiger partial charge in [-0.1, -0.05) is 12.1 Å². The quantitative estimate of drug-likeness (QED) is 0.840. The highest BCUT2D eigenvalue weighted by atomic mass is 35.5. The number of hydrogen-bond donors (Lipinski definition) is 1. The van der Waals surface area contributed by atoms with Gasteiger partial charge in [0.1, 0.15) is 0 Å². The van der Waals surface area contributed by atoms with E-state index in [1.807, 2.05) is 25.1 Å². The van der Waals surface area contributed by atoms with Crippen molar-refractivity contribution in [2.75, 3.05) is 6.61 Å². The van der Waals surface area contributed by atoms with Gasteiger partial charge >= 0.3 is 0 Å². The van der Waals surface area contributed by atoms with Crippen LogP contribution in [0.4, 0.5) is 0 Å². The Hall–Kier alpha value is -1.06. The van der Waals surface area contributed by atoms with Crippen molar-refractivity contribution in [3.8, 4) is 0 Å². The van der Waals surface area contributed by atoms with Crippen molar-refractivity contribution in [2.45, 2.75) is 31.4 Å².